The summed E-state index contributed by atoms with van der Waals surface area (Å²) in [6.45, 7) is 6.18. The summed E-state index contributed by atoms with van der Waals surface area (Å²) in [7, 11) is 0. The molecule has 3 heteroatoms. The van der Waals surface area contributed by atoms with E-state index in [0.717, 1.165) is 32.1 Å². The fraction of sp³-hybridized carbons (Fsp3) is 0.867. The van der Waals surface area contributed by atoms with Gasteiger partial charge in [0, 0.05) is 5.54 Å². The maximum atomic E-state index is 12.6. The molecule has 4 atom stereocenters. The first-order valence-corrected chi connectivity index (χ1v) is 7.35. The van der Waals surface area contributed by atoms with E-state index in [-0.39, 0.29) is 29.2 Å². The zero-order valence-corrected chi connectivity index (χ0v) is 11.6. The van der Waals surface area contributed by atoms with Crippen molar-refractivity contribution in [2.75, 3.05) is 0 Å². The molecule has 0 N–H and O–H groups in total. The minimum Gasteiger partial charge on any atom is -0.276 e. The van der Waals surface area contributed by atoms with Crippen LogP contribution >= 0.6 is 0 Å². The van der Waals surface area contributed by atoms with Gasteiger partial charge < -0.3 is 0 Å². The smallest absolute Gasteiger partial charge is 0.233 e. The second kappa shape index (κ2) is 3.82. The Hall–Kier alpha value is -0.860. The maximum Gasteiger partial charge on any atom is 0.233 e. The van der Waals surface area contributed by atoms with Gasteiger partial charge in [0.05, 0.1) is 11.8 Å². The van der Waals surface area contributed by atoms with Crippen LogP contribution in [0.25, 0.3) is 0 Å². The van der Waals surface area contributed by atoms with E-state index in [0.29, 0.717) is 11.8 Å². The number of carbonyl (C=O) groups is 2. The van der Waals surface area contributed by atoms with Crippen LogP contribution < -0.4 is 0 Å². The molecule has 3 nitrogen and oxygen atoms in total. The highest BCUT2D eigenvalue weighted by molar-refractivity contribution is 6.06. The van der Waals surface area contributed by atoms with Gasteiger partial charge in [-0.25, -0.2) is 0 Å². The van der Waals surface area contributed by atoms with E-state index >= 15 is 0 Å². The van der Waals surface area contributed by atoms with E-state index in [9.17, 15) is 9.59 Å². The minimum atomic E-state index is -0.299. The summed E-state index contributed by atoms with van der Waals surface area (Å²) in [6.07, 6.45) is 5.35. The maximum absolute atomic E-state index is 12.6. The molecule has 1 heterocycles. The van der Waals surface area contributed by atoms with Crippen LogP contribution in [0.15, 0.2) is 0 Å². The molecule has 0 aromatic rings. The largest absolute Gasteiger partial charge is 0.276 e. The number of fused-ring (bicyclic) bond motifs is 5. The molecular formula is C15H23NO2. The van der Waals surface area contributed by atoms with Crippen LogP contribution in [0.4, 0.5) is 0 Å². The summed E-state index contributed by atoms with van der Waals surface area (Å²) in [6, 6.07) is 0. The molecule has 18 heavy (non-hydrogen) atoms. The van der Waals surface area contributed by atoms with Crippen LogP contribution in [0.3, 0.4) is 0 Å². The molecule has 0 spiro atoms. The van der Waals surface area contributed by atoms with E-state index in [1.54, 1.807) is 4.90 Å². The van der Waals surface area contributed by atoms with Gasteiger partial charge in [0.1, 0.15) is 0 Å². The molecule has 3 fully saturated rings. The van der Waals surface area contributed by atoms with Gasteiger partial charge >= 0.3 is 0 Å². The van der Waals surface area contributed by atoms with Gasteiger partial charge in [-0.3, -0.25) is 14.5 Å². The Balaban J connectivity index is 1.91. The van der Waals surface area contributed by atoms with Crippen molar-refractivity contribution in [1.29, 1.82) is 0 Å². The summed E-state index contributed by atoms with van der Waals surface area (Å²) < 4.78 is 0. The molecule has 3 rings (SSSR count). The van der Waals surface area contributed by atoms with E-state index in [2.05, 4.69) is 6.92 Å². The van der Waals surface area contributed by atoms with Crippen molar-refractivity contribution in [3.05, 3.63) is 0 Å². The standard InChI is InChI=1S/C15H23NO2/c1-4-7-15(2,3)16-13(17)11-9-5-6-10(8-9)12(11)14(16)18/h9-12H,4-8H2,1-3H3. The highest BCUT2D eigenvalue weighted by Gasteiger charge is 2.62. The molecule has 1 saturated heterocycles. The summed E-state index contributed by atoms with van der Waals surface area (Å²) >= 11 is 0. The number of hydrogen-bond acceptors (Lipinski definition) is 2. The third kappa shape index (κ3) is 1.42. The lowest BCUT2D eigenvalue weighted by atomic mass is 9.81. The van der Waals surface area contributed by atoms with Crippen LogP contribution in [0, 0.1) is 23.7 Å². The molecule has 0 aromatic carbocycles. The van der Waals surface area contributed by atoms with E-state index in [1.807, 2.05) is 13.8 Å². The summed E-state index contributed by atoms with van der Waals surface area (Å²) in [5.41, 5.74) is -0.299. The highest BCUT2D eigenvalue weighted by Crippen LogP contribution is 2.57. The summed E-state index contributed by atoms with van der Waals surface area (Å²) in [5, 5.41) is 0. The third-order valence-corrected chi connectivity index (χ3v) is 5.39. The molecule has 0 aromatic heterocycles. The number of rotatable bonds is 3. The summed E-state index contributed by atoms with van der Waals surface area (Å²) in [5.74, 6) is 1.34. The van der Waals surface area contributed by atoms with Gasteiger partial charge in [-0.05, 0) is 51.4 Å². The van der Waals surface area contributed by atoms with Crippen LogP contribution in [0.1, 0.15) is 52.9 Å². The first kappa shape index (κ1) is 12.2. The fourth-order valence-electron chi connectivity index (χ4n) is 4.73. The molecule has 2 saturated carbocycles. The number of carbonyl (C=O) groups excluding carboxylic acids is 2. The average Bonchev–Trinajstić information content (AvgIpc) is 2.92. The van der Waals surface area contributed by atoms with Gasteiger partial charge in [0.15, 0.2) is 0 Å². The predicted octanol–water partition coefficient (Wildman–Crippen LogP) is 2.60. The second-order valence-corrected chi connectivity index (χ2v) is 6.96. The Bertz CT molecular complexity index is 373. The highest BCUT2D eigenvalue weighted by atomic mass is 16.2. The van der Waals surface area contributed by atoms with Crippen molar-refractivity contribution < 1.29 is 9.59 Å². The molecule has 100 valence electrons. The normalized spacial score (nSPS) is 38.7. The number of likely N-dealkylation sites (tertiary alicyclic amines) is 1. The molecule has 1 aliphatic heterocycles. The van der Waals surface area contributed by atoms with Gasteiger partial charge in [0.25, 0.3) is 0 Å². The van der Waals surface area contributed by atoms with Crippen molar-refractivity contribution in [3.63, 3.8) is 0 Å². The first-order valence-electron chi connectivity index (χ1n) is 7.35. The Morgan fingerprint density at radius 3 is 2.06 bits per heavy atom. The van der Waals surface area contributed by atoms with E-state index in [1.165, 1.54) is 0 Å². The van der Waals surface area contributed by atoms with Crippen LogP contribution in [0.5, 0.6) is 0 Å². The number of imide groups is 1. The molecule has 0 radical (unpaired) electrons. The van der Waals surface area contributed by atoms with Crippen molar-refractivity contribution in [2.45, 2.75) is 58.4 Å². The molecule has 3 aliphatic rings. The topological polar surface area (TPSA) is 37.4 Å². The van der Waals surface area contributed by atoms with Gasteiger partial charge in [-0.15, -0.1) is 0 Å². The lowest BCUT2D eigenvalue weighted by molar-refractivity contribution is -0.147. The van der Waals surface area contributed by atoms with Gasteiger partial charge in [-0.1, -0.05) is 13.3 Å². The zero-order chi connectivity index (χ0) is 13.1. The second-order valence-electron chi connectivity index (χ2n) is 6.96. The number of hydrogen-bond donors (Lipinski definition) is 0. The van der Waals surface area contributed by atoms with E-state index < -0.39 is 0 Å². The lowest BCUT2D eigenvalue weighted by Crippen LogP contribution is -2.48. The number of amides is 2. The molecule has 2 aliphatic carbocycles. The van der Waals surface area contributed by atoms with Gasteiger partial charge in [-0.2, -0.15) is 0 Å². The monoisotopic (exact) mass is 249 g/mol. The molecule has 2 bridgehead atoms. The van der Waals surface area contributed by atoms with Crippen molar-refractivity contribution in [2.24, 2.45) is 23.7 Å². The average molecular weight is 249 g/mol. The Morgan fingerprint density at radius 1 is 1.11 bits per heavy atom. The Morgan fingerprint density at radius 2 is 1.61 bits per heavy atom. The molecule has 2 amide bonds. The molecular weight excluding hydrogens is 226 g/mol. The summed E-state index contributed by atoms with van der Waals surface area (Å²) in [4.78, 5) is 26.8. The fourth-order valence-corrected chi connectivity index (χ4v) is 4.73. The predicted molar refractivity (Wildman–Crippen MR) is 68.7 cm³/mol. The Kier molecular flexibility index (Phi) is 2.58. The number of nitrogens with zero attached hydrogens (tertiary/aromatic N) is 1. The minimum absolute atomic E-state index is 0.0346. The SMILES string of the molecule is CCCC(C)(C)N1C(=O)C2C3CCC(C3)C2C1=O. The van der Waals surface area contributed by atoms with Crippen LogP contribution in [0.2, 0.25) is 0 Å². The quantitative estimate of drug-likeness (QED) is 0.721. The van der Waals surface area contributed by atoms with Gasteiger partial charge in [0.2, 0.25) is 11.8 Å². The zero-order valence-electron chi connectivity index (χ0n) is 11.6. The van der Waals surface area contributed by atoms with Crippen molar-refractivity contribution in [3.8, 4) is 0 Å². The third-order valence-electron chi connectivity index (χ3n) is 5.39. The van der Waals surface area contributed by atoms with Crippen LogP contribution in [-0.4, -0.2) is 22.3 Å². The van der Waals surface area contributed by atoms with Crippen molar-refractivity contribution in [1.82, 2.24) is 4.90 Å². The van der Waals surface area contributed by atoms with Crippen molar-refractivity contribution >= 4 is 11.8 Å². The van der Waals surface area contributed by atoms with E-state index in [4.69, 9.17) is 0 Å². The lowest BCUT2D eigenvalue weighted by Gasteiger charge is -2.34. The molecule has 4 unspecified atom stereocenters. The Labute approximate surface area is 109 Å². The van der Waals surface area contributed by atoms with Crippen LogP contribution in [-0.2, 0) is 9.59 Å². The first-order chi connectivity index (χ1) is 8.47.